The number of hydrogen-bond acceptors (Lipinski definition) is 5. The molecule has 0 aliphatic heterocycles. The minimum Gasteiger partial charge on any atom is -0.504 e. The maximum atomic E-state index is 12.9. The van der Waals surface area contributed by atoms with E-state index in [9.17, 15) is 19.8 Å². The quantitative estimate of drug-likeness (QED) is 0.203. The van der Waals surface area contributed by atoms with Crippen molar-refractivity contribution in [2.45, 2.75) is 119 Å². The van der Waals surface area contributed by atoms with Crippen molar-refractivity contribution in [1.29, 1.82) is 0 Å². The first kappa shape index (κ1) is 31.7. The normalized spacial score (nSPS) is 46.8. The van der Waals surface area contributed by atoms with Gasteiger partial charge in [0.25, 0.3) is 0 Å². The van der Waals surface area contributed by atoms with Crippen LogP contribution in [0, 0.1) is 56.2 Å². The average molecular weight is 605 g/mol. The van der Waals surface area contributed by atoms with Crippen LogP contribution in [-0.2, 0) is 14.3 Å². The smallest absolute Gasteiger partial charge is 0.330 e. The topological polar surface area (TPSA) is 83.8 Å². The van der Waals surface area contributed by atoms with Crippen LogP contribution in [0.25, 0.3) is 6.08 Å². The maximum Gasteiger partial charge on any atom is 0.330 e. The van der Waals surface area contributed by atoms with Crippen LogP contribution in [0.1, 0.15) is 125 Å². The first-order valence-corrected chi connectivity index (χ1v) is 17.4. The summed E-state index contributed by atoms with van der Waals surface area (Å²) in [6.07, 6.45) is 15.8. The monoisotopic (exact) mass is 604 g/mol. The summed E-state index contributed by atoms with van der Waals surface area (Å²) in [5.74, 6) is 1.82. The van der Waals surface area contributed by atoms with Gasteiger partial charge in [-0.15, -0.1) is 0 Å². The highest BCUT2D eigenvalue weighted by Crippen LogP contribution is 2.78. The fraction of sp³-hybridized carbons (Fsp3) is 0.744. The first-order valence-electron chi connectivity index (χ1n) is 17.4. The fourth-order valence-corrected chi connectivity index (χ4v) is 12.3. The molecule has 0 heterocycles. The van der Waals surface area contributed by atoms with Crippen LogP contribution >= 0.6 is 0 Å². The molecule has 5 saturated carbocycles. The zero-order valence-corrected chi connectivity index (χ0v) is 28.3. The molecule has 242 valence electrons. The zero-order valence-electron chi connectivity index (χ0n) is 28.3. The van der Waals surface area contributed by atoms with Gasteiger partial charge in [0.2, 0.25) is 0 Å². The molecule has 44 heavy (non-hydrogen) atoms. The number of fused-ring (bicyclic) bond motifs is 7. The Hall–Kier alpha value is -2.30. The number of Topliss-reactive ketones (excluding diaryl/α,β-unsaturated/α-hetero) is 1. The van der Waals surface area contributed by atoms with Crippen molar-refractivity contribution >= 4 is 17.8 Å². The lowest BCUT2D eigenvalue weighted by Crippen LogP contribution is -2.67. The second kappa shape index (κ2) is 10.4. The van der Waals surface area contributed by atoms with E-state index >= 15 is 0 Å². The van der Waals surface area contributed by atoms with Crippen molar-refractivity contribution in [3.05, 3.63) is 29.8 Å². The number of aromatic hydroxyl groups is 2. The van der Waals surface area contributed by atoms with Gasteiger partial charge in [0, 0.05) is 23.8 Å². The van der Waals surface area contributed by atoms with Crippen LogP contribution in [0.3, 0.4) is 0 Å². The summed E-state index contributed by atoms with van der Waals surface area (Å²) < 4.78 is 5.89. The summed E-state index contributed by atoms with van der Waals surface area (Å²) in [5, 5.41) is 19.3. The third-order valence-corrected chi connectivity index (χ3v) is 15.6. The van der Waals surface area contributed by atoms with Gasteiger partial charge >= 0.3 is 5.97 Å². The highest BCUT2D eigenvalue weighted by atomic mass is 16.5. The molecule has 0 spiro atoms. The molecular formula is C39H56O5. The number of hydrogen-bond donors (Lipinski definition) is 2. The highest BCUT2D eigenvalue weighted by molar-refractivity contribution is 5.87. The van der Waals surface area contributed by atoms with E-state index in [0.29, 0.717) is 41.1 Å². The standard InChI is InChI=1S/C39H56O5/c1-25-27(40)11-12-30-36(25,4)15-14-31-37(30,5)19-21-39(7)32-23-34(2,16-17-35(32,3)18-20-38(31,39)6)24-44-33(43)13-9-26-8-10-28(41)29(42)22-26/h8-10,13,22,25,30-32,41-42H,11-12,14-21,23-24H2,1-7H3/b13-9+/t25-,30?,31?,32?,34+,35+,36+,37-,38+,39-/m0/s1. The van der Waals surface area contributed by atoms with Crippen molar-refractivity contribution in [2.24, 2.45) is 56.2 Å². The lowest BCUT2D eigenvalue weighted by Gasteiger charge is -2.74. The molecule has 5 aliphatic rings. The molecule has 2 N–H and O–H groups in total. The van der Waals surface area contributed by atoms with Crippen molar-refractivity contribution in [3.8, 4) is 11.5 Å². The molecule has 6 rings (SSSR count). The summed E-state index contributed by atoms with van der Waals surface area (Å²) >= 11 is 0. The van der Waals surface area contributed by atoms with Crippen LogP contribution in [0.15, 0.2) is 24.3 Å². The molecule has 1 aromatic carbocycles. The van der Waals surface area contributed by atoms with Crippen LogP contribution in [0.4, 0.5) is 0 Å². The lowest BCUT2D eigenvalue weighted by atomic mass is 9.30. The van der Waals surface area contributed by atoms with E-state index in [1.807, 2.05) is 0 Å². The summed E-state index contributed by atoms with van der Waals surface area (Å²) in [6.45, 7) is 17.9. The van der Waals surface area contributed by atoms with Gasteiger partial charge in [-0.2, -0.15) is 0 Å². The van der Waals surface area contributed by atoms with Gasteiger partial charge in [-0.05, 0) is 133 Å². The molecule has 3 unspecified atom stereocenters. The van der Waals surface area contributed by atoms with Gasteiger partial charge < -0.3 is 14.9 Å². The number of phenolic OH excluding ortho intramolecular Hbond substituents is 2. The van der Waals surface area contributed by atoms with Crippen LogP contribution in [0.5, 0.6) is 11.5 Å². The first-order chi connectivity index (χ1) is 20.5. The number of benzene rings is 1. The number of carbonyl (C=O) groups excluding carboxylic acids is 2. The lowest BCUT2D eigenvalue weighted by molar-refractivity contribution is -0.258. The third kappa shape index (κ3) is 4.60. The predicted octanol–water partition coefficient (Wildman–Crippen LogP) is 9.10. The van der Waals surface area contributed by atoms with Gasteiger partial charge in [0.1, 0.15) is 5.78 Å². The molecule has 0 saturated heterocycles. The Morgan fingerprint density at radius 1 is 0.841 bits per heavy atom. The largest absolute Gasteiger partial charge is 0.504 e. The van der Waals surface area contributed by atoms with Crippen LogP contribution < -0.4 is 0 Å². The minimum absolute atomic E-state index is 0.0587. The van der Waals surface area contributed by atoms with E-state index in [1.165, 1.54) is 63.2 Å². The zero-order chi connectivity index (χ0) is 31.9. The van der Waals surface area contributed by atoms with E-state index in [0.717, 1.165) is 25.7 Å². The number of esters is 1. The van der Waals surface area contributed by atoms with Gasteiger partial charge in [0.15, 0.2) is 11.5 Å². The van der Waals surface area contributed by atoms with Crippen molar-refractivity contribution in [1.82, 2.24) is 0 Å². The second-order valence-electron chi connectivity index (χ2n) is 17.6. The van der Waals surface area contributed by atoms with Gasteiger partial charge in [0.05, 0.1) is 6.61 Å². The molecule has 0 aromatic heterocycles. The molecule has 5 heteroatoms. The van der Waals surface area contributed by atoms with E-state index in [4.69, 9.17) is 4.74 Å². The SMILES string of the molecule is C[C@H]1C(=O)CCC2[C@]3(C)CC[C@@]4(C)C5C[C@](C)(COC(=O)/C=C/c6ccc(O)c(O)c6)CC[C@]5(C)CC[C@]4(C)C3CC[C@@]21C. The Kier molecular flexibility index (Phi) is 7.46. The molecular weight excluding hydrogens is 548 g/mol. The number of rotatable bonds is 4. The Labute approximate surface area is 265 Å². The molecule has 5 aliphatic carbocycles. The molecule has 0 amide bonds. The highest BCUT2D eigenvalue weighted by Gasteiger charge is 2.71. The Morgan fingerprint density at radius 3 is 2.25 bits per heavy atom. The molecule has 5 fully saturated rings. The van der Waals surface area contributed by atoms with E-state index in [-0.39, 0.29) is 50.5 Å². The Morgan fingerprint density at radius 2 is 1.52 bits per heavy atom. The van der Waals surface area contributed by atoms with Crippen molar-refractivity contribution in [3.63, 3.8) is 0 Å². The summed E-state index contributed by atoms with van der Waals surface area (Å²) in [6, 6.07) is 4.49. The molecule has 0 bridgehead atoms. The van der Waals surface area contributed by atoms with Crippen molar-refractivity contribution < 1.29 is 24.5 Å². The van der Waals surface area contributed by atoms with Gasteiger partial charge in [-0.25, -0.2) is 4.79 Å². The minimum atomic E-state index is -0.370. The number of ether oxygens (including phenoxy) is 1. The summed E-state index contributed by atoms with van der Waals surface area (Å²) in [4.78, 5) is 25.7. The number of phenols is 2. The van der Waals surface area contributed by atoms with E-state index in [1.54, 1.807) is 12.1 Å². The van der Waals surface area contributed by atoms with Crippen LogP contribution in [0.2, 0.25) is 0 Å². The molecule has 5 nitrogen and oxygen atoms in total. The molecule has 10 atom stereocenters. The average Bonchev–Trinajstić information content (AvgIpc) is 2.97. The van der Waals surface area contributed by atoms with Gasteiger partial charge in [-0.3, -0.25) is 4.79 Å². The predicted molar refractivity (Wildman–Crippen MR) is 174 cm³/mol. The van der Waals surface area contributed by atoms with Gasteiger partial charge in [-0.1, -0.05) is 54.5 Å². The van der Waals surface area contributed by atoms with Crippen LogP contribution in [-0.4, -0.2) is 28.6 Å². The van der Waals surface area contributed by atoms with E-state index < -0.39 is 0 Å². The summed E-state index contributed by atoms with van der Waals surface area (Å²) in [5.41, 5.74) is 1.83. The second-order valence-corrected chi connectivity index (χ2v) is 17.6. The summed E-state index contributed by atoms with van der Waals surface area (Å²) in [7, 11) is 0. The van der Waals surface area contributed by atoms with E-state index in [2.05, 4.69) is 48.5 Å². The number of ketones is 1. The Bertz CT molecular complexity index is 1370. The van der Waals surface area contributed by atoms with Crippen molar-refractivity contribution in [2.75, 3.05) is 6.61 Å². The number of carbonyl (C=O) groups is 2. The third-order valence-electron chi connectivity index (χ3n) is 15.6. The molecule has 0 radical (unpaired) electrons. The maximum absolute atomic E-state index is 12.9. The fourth-order valence-electron chi connectivity index (χ4n) is 12.3. The Balaban J connectivity index is 1.20. The molecule has 1 aromatic rings.